The van der Waals surface area contributed by atoms with Crippen molar-refractivity contribution in [3.05, 3.63) is 56.2 Å². The number of carboxylic acids is 1. The van der Waals surface area contributed by atoms with Gasteiger partial charge in [-0.15, -0.1) is 11.3 Å². The Morgan fingerprint density at radius 3 is 2.68 bits per heavy atom. The summed E-state index contributed by atoms with van der Waals surface area (Å²) in [4.78, 5) is 11.8. The number of halogens is 1. The van der Waals surface area contributed by atoms with Gasteiger partial charge in [0.15, 0.2) is 0 Å². The summed E-state index contributed by atoms with van der Waals surface area (Å²) >= 11 is 4.88. The summed E-state index contributed by atoms with van der Waals surface area (Å²) in [5.41, 5.74) is 1.57. The van der Waals surface area contributed by atoms with E-state index in [0.29, 0.717) is 12.1 Å². The number of rotatable bonds is 5. The maximum absolute atomic E-state index is 10.8. The molecule has 3 nitrogen and oxygen atoms in total. The van der Waals surface area contributed by atoms with Crippen molar-refractivity contribution in [2.75, 3.05) is 0 Å². The normalized spacial score (nSPS) is 12.3. The molecule has 1 aromatic heterocycles. The van der Waals surface area contributed by atoms with E-state index in [4.69, 9.17) is 5.11 Å². The molecule has 5 heteroatoms. The van der Waals surface area contributed by atoms with Gasteiger partial charge in [-0.05, 0) is 30.7 Å². The molecule has 2 aromatic rings. The number of nitrogens with one attached hydrogen (secondary N) is 1. The minimum Gasteiger partial charge on any atom is -0.478 e. The molecule has 0 aliphatic rings. The summed E-state index contributed by atoms with van der Waals surface area (Å²) in [5, 5.41) is 13.9. The smallest absolute Gasteiger partial charge is 0.336 e. The highest BCUT2D eigenvalue weighted by atomic mass is 79.9. The molecule has 0 radical (unpaired) electrons. The molecule has 0 unspecified atom stereocenters. The molecule has 1 atom stereocenters. The first-order valence-electron chi connectivity index (χ1n) is 5.86. The number of hydrogen-bond acceptors (Lipinski definition) is 3. The first kappa shape index (κ1) is 14.2. The van der Waals surface area contributed by atoms with Gasteiger partial charge in [0.25, 0.3) is 0 Å². The minimum atomic E-state index is -0.872. The highest BCUT2D eigenvalue weighted by molar-refractivity contribution is 9.10. The molecule has 0 saturated heterocycles. The van der Waals surface area contributed by atoms with Crippen LogP contribution < -0.4 is 5.32 Å². The lowest BCUT2D eigenvalue weighted by molar-refractivity contribution is 0.0697. The molecule has 0 spiro atoms. The predicted molar refractivity (Wildman–Crippen MR) is 80.7 cm³/mol. The van der Waals surface area contributed by atoms with Crippen molar-refractivity contribution in [3.63, 3.8) is 0 Å². The second-order valence-corrected chi connectivity index (χ2v) is 6.17. The van der Waals surface area contributed by atoms with Crippen molar-refractivity contribution in [1.29, 1.82) is 0 Å². The molecule has 1 aromatic carbocycles. The molecule has 0 bridgehead atoms. The van der Waals surface area contributed by atoms with E-state index in [1.807, 2.05) is 12.1 Å². The minimum absolute atomic E-state index is 0.225. The van der Waals surface area contributed by atoms with Gasteiger partial charge in [-0.1, -0.05) is 28.1 Å². The van der Waals surface area contributed by atoms with Crippen molar-refractivity contribution in [3.8, 4) is 0 Å². The molecule has 0 saturated carbocycles. The second-order valence-electron chi connectivity index (χ2n) is 4.26. The van der Waals surface area contributed by atoms with Crippen LogP contribution in [0.1, 0.15) is 33.8 Å². The van der Waals surface area contributed by atoms with Crippen molar-refractivity contribution < 1.29 is 9.90 Å². The number of thiophene rings is 1. The fraction of sp³-hybridized carbons (Fsp3) is 0.214. The Balaban J connectivity index is 1.94. The van der Waals surface area contributed by atoms with Crippen LogP contribution in [0.25, 0.3) is 0 Å². The van der Waals surface area contributed by atoms with E-state index < -0.39 is 5.97 Å². The zero-order valence-electron chi connectivity index (χ0n) is 10.4. The number of carboxylic acid groups (broad SMARTS) is 1. The average Bonchev–Trinajstić information content (AvgIpc) is 2.86. The lowest BCUT2D eigenvalue weighted by Crippen LogP contribution is -2.17. The SMILES string of the molecule is C[C@H](NCc1cc(C(=O)O)cs1)c1ccc(Br)cc1. The van der Waals surface area contributed by atoms with Gasteiger partial charge in [-0.25, -0.2) is 4.79 Å². The zero-order chi connectivity index (χ0) is 13.8. The van der Waals surface area contributed by atoms with E-state index in [1.165, 1.54) is 16.9 Å². The van der Waals surface area contributed by atoms with Gasteiger partial charge in [0.2, 0.25) is 0 Å². The Kier molecular flexibility index (Phi) is 4.74. The maximum atomic E-state index is 10.8. The third kappa shape index (κ3) is 3.89. The average molecular weight is 340 g/mol. The molecular formula is C14H14BrNO2S. The first-order chi connectivity index (χ1) is 9.06. The Hall–Kier alpha value is -1.17. The molecule has 0 aliphatic carbocycles. The number of hydrogen-bond donors (Lipinski definition) is 2. The van der Waals surface area contributed by atoms with Crippen LogP contribution in [-0.2, 0) is 6.54 Å². The Morgan fingerprint density at radius 2 is 2.11 bits per heavy atom. The van der Waals surface area contributed by atoms with Gasteiger partial charge in [0, 0.05) is 27.3 Å². The summed E-state index contributed by atoms with van der Waals surface area (Å²) in [6.45, 7) is 2.77. The third-order valence-corrected chi connectivity index (χ3v) is 4.32. The number of benzene rings is 1. The van der Waals surface area contributed by atoms with Gasteiger partial charge < -0.3 is 10.4 Å². The van der Waals surface area contributed by atoms with Gasteiger partial charge >= 0.3 is 5.97 Å². The van der Waals surface area contributed by atoms with Crippen molar-refractivity contribution >= 4 is 33.2 Å². The van der Waals surface area contributed by atoms with E-state index in [1.54, 1.807) is 11.4 Å². The monoisotopic (exact) mass is 339 g/mol. The van der Waals surface area contributed by atoms with Crippen LogP contribution in [0.15, 0.2) is 40.2 Å². The summed E-state index contributed by atoms with van der Waals surface area (Å²) in [5.74, 6) is -0.872. The van der Waals surface area contributed by atoms with Crippen LogP contribution >= 0.6 is 27.3 Å². The van der Waals surface area contributed by atoms with E-state index in [9.17, 15) is 4.79 Å². The lowest BCUT2D eigenvalue weighted by atomic mass is 10.1. The van der Waals surface area contributed by atoms with Crippen LogP contribution in [0.3, 0.4) is 0 Å². The fourth-order valence-corrected chi connectivity index (χ4v) is 2.78. The summed E-state index contributed by atoms with van der Waals surface area (Å²) in [6, 6.07) is 10.1. The van der Waals surface area contributed by atoms with Gasteiger partial charge in [-0.2, -0.15) is 0 Å². The molecule has 19 heavy (non-hydrogen) atoms. The van der Waals surface area contributed by atoms with E-state index in [-0.39, 0.29) is 6.04 Å². The predicted octanol–water partition coefficient (Wildman–Crippen LogP) is 4.06. The fourth-order valence-electron chi connectivity index (χ4n) is 1.71. The molecule has 0 amide bonds. The highest BCUT2D eigenvalue weighted by Crippen LogP contribution is 2.19. The Bertz CT molecular complexity index is 565. The van der Waals surface area contributed by atoms with Gasteiger partial charge in [0.1, 0.15) is 0 Å². The molecule has 100 valence electrons. The van der Waals surface area contributed by atoms with Crippen LogP contribution in [0.5, 0.6) is 0 Å². The van der Waals surface area contributed by atoms with Crippen molar-refractivity contribution in [1.82, 2.24) is 5.32 Å². The third-order valence-electron chi connectivity index (χ3n) is 2.85. The molecule has 0 aliphatic heterocycles. The number of carbonyl (C=O) groups is 1. The quantitative estimate of drug-likeness (QED) is 0.863. The molecular weight excluding hydrogens is 326 g/mol. The van der Waals surface area contributed by atoms with Crippen LogP contribution in [-0.4, -0.2) is 11.1 Å². The standard InChI is InChI=1S/C14H14BrNO2S/c1-9(10-2-4-12(15)5-3-10)16-7-13-6-11(8-19-13)14(17)18/h2-6,8-9,16H,7H2,1H3,(H,17,18)/t9-/m0/s1. The summed E-state index contributed by atoms with van der Waals surface area (Å²) in [6.07, 6.45) is 0. The number of aromatic carboxylic acids is 1. The molecule has 0 fully saturated rings. The molecule has 2 N–H and O–H groups in total. The topological polar surface area (TPSA) is 49.3 Å². The molecule has 1 heterocycles. The van der Waals surface area contributed by atoms with Crippen molar-refractivity contribution in [2.45, 2.75) is 19.5 Å². The zero-order valence-corrected chi connectivity index (χ0v) is 12.8. The Morgan fingerprint density at radius 1 is 1.42 bits per heavy atom. The van der Waals surface area contributed by atoms with Crippen LogP contribution in [0.4, 0.5) is 0 Å². The first-order valence-corrected chi connectivity index (χ1v) is 7.53. The summed E-state index contributed by atoms with van der Waals surface area (Å²) < 4.78 is 1.06. The van der Waals surface area contributed by atoms with E-state index in [2.05, 4.69) is 40.3 Å². The lowest BCUT2D eigenvalue weighted by Gasteiger charge is -2.13. The second kappa shape index (κ2) is 6.32. The highest BCUT2D eigenvalue weighted by Gasteiger charge is 2.08. The maximum Gasteiger partial charge on any atom is 0.336 e. The van der Waals surface area contributed by atoms with Gasteiger partial charge in [0.05, 0.1) is 5.56 Å². The van der Waals surface area contributed by atoms with E-state index >= 15 is 0 Å². The van der Waals surface area contributed by atoms with Gasteiger partial charge in [-0.3, -0.25) is 0 Å². The molecule has 2 rings (SSSR count). The van der Waals surface area contributed by atoms with Crippen LogP contribution in [0, 0.1) is 0 Å². The van der Waals surface area contributed by atoms with Crippen LogP contribution in [0.2, 0.25) is 0 Å². The Labute approximate surface area is 124 Å². The van der Waals surface area contributed by atoms with Crippen molar-refractivity contribution in [2.24, 2.45) is 0 Å². The van der Waals surface area contributed by atoms with E-state index in [0.717, 1.165) is 9.35 Å². The summed E-state index contributed by atoms with van der Waals surface area (Å²) in [7, 11) is 0. The largest absolute Gasteiger partial charge is 0.478 e.